The number of aromatic nitrogens is 2. The van der Waals surface area contributed by atoms with Gasteiger partial charge in [0.15, 0.2) is 0 Å². The largest absolute Gasteiger partial charge is 0.383 e. The number of nitrogen functional groups attached to an aromatic ring is 1. The second-order valence-corrected chi connectivity index (χ2v) is 8.60. The number of hydroxylamine groups is 2. The summed E-state index contributed by atoms with van der Waals surface area (Å²) < 4.78 is 0. The zero-order valence-corrected chi connectivity index (χ0v) is 19.5. The summed E-state index contributed by atoms with van der Waals surface area (Å²) in [6.07, 6.45) is 2.35. The van der Waals surface area contributed by atoms with Gasteiger partial charge in [0.2, 0.25) is 0 Å². The SMILES string of the molecule is Cc1ccc(Nc2cc(NC(=O)N3CCCO3)ccc2C)c(-c2ncnc(N)c2C(C)C)c1. The van der Waals surface area contributed by atoms with Crippen LogP contribution in [0, 0.1) is 13.8 Å². The van der Waals surface area contributed by atoms with Crippen LogP contribution in [0.15, 0.2) is 42.7 Å². The number of hydrogen-bond donors (Lipinski definition) is 3. The van der Waals surface area contributed by atoms with Crippen LogP contribution in [0.3, 0.4) is 0 Å². The van der Waals surface area contributed by atoms with Crippen molar-refractivity contribution in [2.45, 2.75) is 40.0 Å². The Morgan fingerprint density at radius 1 is 1.12 bits per heavy atom. The number of hydrogen-bond acceptors (Lipinski definition) is 6. The standard InChI is InChI=1S/C25H30N6O2/c1-15(2)22-23(27-14-28-24(22)26)19-12-16(3)6-9-20(19)30-21-13-18(8-7-17(21)4)29-25(32)31-10-5-11-33-31/h6-9,12-15,30H,5,10-11H2,1-4H3,(H,29,32)(H2,26,27,28). The molecule has 1 aliphatic rings. The second kappa shape index (κ2) is 9.46. The van der Waals surface area contributed by atoms with Crippen LogP contribution in [0.5, 0.6) is 0 Å². The Morgan fingerprint density at radius 3 is 2.67 bits per heavy atom. The summed E-state index contributed by atoms with van der Waals surface area (Å²) in [5.41, 5.74) is 13.5. The minimum atomic E-state index is -0.267. The lowest BCUT2D eigenvalue weighted by Gasteiger charge is -2.19. The Balaban J connectivity index is 1.68. The first kappa shape index (κ1) is 22.5. The smallest absolute Gasteiger partial charge is 0.345 e. The molecule has 4 rings (SSSR count). The second-order valence-electron chi connectivity index (χ2n) is 8.60. The van der Waals surface area contributed by atoms with E-state index >= 15 is 0 Å². The van der Waals surface area contributed by atoms with Crippen molar-refractivity contribution in [3.05, 3.63) is 59.4 Å². The molecule has 2 heterocycles. The van der Waals surface area contributed by atoms with E-state index in [-0.39, 0.29) is 11.9 Å². The molecule has 0 bridgehead atoms. The van der Waals surface area contributed by atoms with E-state index in [9.17, 15) is 4.79 Å². The molecule has 8 heteroatoms. The van der Waals surface area contributed by atoms with Gasteiger partial charge in [0, 0.05) is 28.2 Å². The van der Waals surface area contributed by atoms with Crippen molar-refractivity contribution in [1.82, 2.24) is 15.0 Å². The van der Waals surface area contributed by atoms with Crippen molar-refractivity contribution in [1.29, 1.82) is 0 Å². The van der Waals surface area contributed by atoms with Crippen LogP contribution in [0.1, 0.15) is 42.9 Å². The predicted octanol–water partition coefficient (Wildman–Crippen LogP) is 5.38. The molecule has 1 aliphatic heterocycles. The first-order chi connectivity index (χ1) is 15.8. The van der Waals surface area contributed by atoms with Gasteiger partial charge < -0.3 is 16.4 Å². The fourth-order valence-corrected chi connectivity index (χ4v) is 3.93. The maximum absolute atomic E-state index is 12.4. The van der Waals surface area contributed by atoms with E-state index in [1.165, 1.54) is 11.4 Å². The van der Waals surface area contributed by atoms with Gasteiger partial charge in [-0.3, -0.25) is 4.84 Å². The maximum atomic E-state index is 12.4. The zero-order valence-electron chi connectivity index (χ0n) is 19.5. The highest BCUT2D eigenvalue weighted by molar-refractivity contribution is 5.90. The Morgan fingerprint density at radius 2 is 1.94 bits per heavy atom. The van der Waals surface area contributed by atoms with Crippen molar-refractivity contribution in [3.63, 3.8) is 0 Å². The summed E-state index contributed by atoms with van der Waals surface area (Å²) in [5, 5.41) is 7.81. The lowest BCUT2D eigenvalue weighted by Crippen LogP contribution is -2.31. The number of rotatable bonds is 5. The van der Waals surface area contributed by atoms with E-state index in [4.69, 9.17) is 10.6 Å². The van der Waals surface area contributed by atoms with Gasteiger partial charge in [-0.2, -0.15) is 0 Å². The monoisotopic (exact) mass is 446 g/mol. The zero-order chi connectivity index (χ0) is 23.5. The molecule has 0 radical (unpaired) electrons. The number of urea groups is 1. The molecular weight excluding hydrogens is 416 g/mol. The first-order valence-electron chi connectivity index (χ1n) is 11.1. The van der Waals surface area contributed by atoms with Crippen LogP contribution in [0.25, 0.3) is 11.3 Å². The third kappa shape index (κ3) is 4.90. The number of nitrogens with two attached hydrogens (primary N) is 1. The van der Waals surface area contributed by atoms with Gasteiger partial charge in [-0.25, -0.2) is 19.8 Å². The molecule has 0 unspecified atom stereocenters. The fraction of sp³-hybridized carbons (Fsp3) is 0.320. The third-order valence-electron chi connectivity index (χ3n) is 5.66. The average molecular weight is 447 g/mol. The van der Waals surface area contributed by atoms with Crippen molar-refractivity contribution in [2.75, 3.05) is 29.5 Å². The lowest BCUT2D eigenvalue weighted by molar-refractivity contribution is -0.0614. The van der Waals surface area contributed by atoms with E-state index in [1.54, 1.807) is 0 Å². The van der Waals surface area contributed by atoms with Crippen LogP contribution in [-0.4, -0.2) is 34.2 Å². The van der Waals surface area contributed by atoms with Gasteiger partial charge in [0.05, 0.1) is 18.8 Å². The molecule has 8 nitrogen and oxygen atoms in total. The van der Waals surface area contributed by atoms with E-state index in [1.807, 2.05) is 31.2 Å². The van der Waals surface area contributed by atoms with E-state index in [2.05, 4.69) is 53.5 Å². The molecule has 0 saturated carbocycles. The predicted molar refractivity (Wildman–Crippen MR) is 131 cm³/mol. The summed E-state index contributed by atoms with van der Waals surface area (Å²) in [6, 6.07) is 11.7. The number of carbonyl (C=O) groups excluding carboxylic acids is 1. The van der Waals surface area contributed by atoms with Crippen molar-refractivity contribution >= 4 is 28.9 Å². The summed E-state index contributed by atoms with van der Waals surface area (Å²) in [7, 11) is 0. The highest BCUT2D eigenvalue weighted by Crippen LogP contribution is 2.37. The number of anilines is 4. The number of nitrogens with zero attached hydrogens (tertiary/aromatic N) is 3. The summed E-state index contributed by atoms with van der Waals surface area (Å²) in [4.78, 5) is 26.5. The molecule has 2 aromatic carbocycles. The van der Waals surface area contributed by atoms with Crippen LogP contribution in [0.4, 0.5) is 27.7 Å². The third-order valence-corrected chi connectivity index (χ3v) is 5.66. The Hall–Kier alpha value is -3.65. The Labute approximate surface area is 194 Å². The van der Waals surface area contributed by atoms with Gasteiger partial charge >= 0.3 is 6.03 Å². The molecule has 1 aromatic heterocycles. The molecule has 33 heavy (non-hydrogen) atoms. The molecule has 1 saturated heterocycles. The maximum Gasteiger partial charge on any atom is 0.345 e. The van der Waals surface area contributed by atoms with Crippen LogP contribution in [-0.2, 0) is 4.84 Å². The molecule has 0 atom stereocenters. The van der Waals surface area contributed by atoms with Crippen molar-refractivity contribution in [2.24, 2.45) is 0 Å². The van der Waals surface area contributed by atoms with Crippen LogP contribution < -0.4 is 16.4 Å². The molecule has 1 fully saturated rings. The summed E-state index contributed by atoms with van der Waals surface area (Å²) in [5.74, 6) is 0.662. The Kier molecular flexibility index (Phi) is 6.46. The lowest BCUT2D eigenvalue weighted by atomic mass is 9.95. The molecule has 2 amide bonds. The minimum Gasteiger partial charge on any atom is -0.383 e. The number of amides is 2. The van der Waals surface area contributed by atoms with Gasteiger partial charge in [0.25, 0.3) is 0 Å². The molecule has 3 aromatic rings. The van der Waals surface area contributed by atoms with Gasteiger partial charge in [-0.1, -0.05) is 31.5 Å². The fourth-order valence-electron chi connectivity index (χ4n) is 3.93. The van der Waals surface area contributed by atoms with Crippen molar-refractivity contribution in [3.8, 4) is 11.3 Å². The van der Waals surface area contributed by atoms with Gasteiger partial charge in [0.1, 0.15) is 12.1 Å². The quantitative estimate of drug-likeness (QED) is 0.486. The van der Waals surface area contributed by atoms with Gasteiger partial charge in [-0.15, -0.1) is 0 Å². The van der Waals surface area contributed by atoms with Crippen LogP contribution >= 0.6 is 0 Å². The van der Waals surface area contributed by atoms with E-state index in [0.29, 0.717) is 24.7 Å². The highest BCUT2D eigenvalue weighted by atomic mass is 16.7. The Bertz CT molecular complexity index is 1170. The first-order valence-corrected chi connectivity index (χ1v) is 11.1. The number of nitrogens with one attached hydrogen (secondary N) is 2. The summed E-state index contributed by atoms with van der Waals surface area (Å²) in [6.45, 7) is 9.40. The molecule has 0 aliphatic carbocycles. The number of benzene rings is 2. The summed E-state index contributed by atoms with van der Waals surface area (Å²) >= 11 is 0. The topological polar surface area (TPSA) is 105 Å². The molecular formula is C25H30N6O2. The molecule has 0 spiro atoms. The number of aryl methyl sites for hydroxylation is 2. The van der Waals surface area contributed by atoms with Crippen LogP contribution in [0.2, 0.25) is 0 Å². The number of carbonyl (C=O) groups is 1. The van der Waals surface area contributed by atoms with Gasteiger partial charge in [-0.05, 0) is 56.0 Å². The van der Waals surface area contributed by atoms with E-state index < -0.39 is 0 Å². The molecule has 4 N–H and O–H groups in total. The normalized spacial score (nSPS) is 13.4. The van der Waals surface area contributed by atoms with E-state index in [0.717, 1.165) is 45.7 Å². The highest BCUT2D eigenvalue weighted by Gasteiger charge is 2.20. The van der Waals surface area contributed by atoms with Crippen molar-refractivity contribution < 1.29 is 9.63 Å². The average Bonchev–Trinajstić information content (AvgIpc) is 3.32. The molecule has 172 valence electrons. The minimum absolute atomic E-state index is 0.169.